The number of rotatable bonds is 2. The molecular weight excluding hydrogens is 577 g/mol. The molecule has 4 heterocycles. The Labute approximate surface area is 199 Å². The monoisotopic (exact) mass is 595 g/mol. The molecule has 0 N–H and O–H groups in total. The third kappa shape index (κ3) is 4.48. The number of furan rings is 1. The van der Waals surface area contributed by atoms with E-state index in [-0.39, 0.29) is 20.1 Å². The Morgan fingerprint density at radius 1 is 0.906 bits per heavy atom. The molecule has 6 heteroatoms. The Bertz CT molecular complexity index is 1430. The second kappa shape index (κ2) is 9.63. The van der Waals surface area contributed by atoms with E-state index in [9.17, 15) is 0 Å². The first-order chi connectivity index (χ1) is 15.3. The van der Waals surface area contributed by atoms with E-state index in [0.29, 0.717) is 5.71 Å². The molecular formula is C26H18IrN4O. The van der Waals surface area contributed by atoms with Crippen molar-refractivity contribution in [1.29, 1.82) is 0 Å². The third-order valence-corrected chi connectivity index (χ3v) is 4.78. The predicted molar refractivity (Wildman–Crippen MR) is 119 cm³/mol. The fraction of sp³-hybridized carbons (Fsp3) is 0.0385. The van der Waals surface area contributed by atoms with Gasteiger partial charge in [0, 0.05) is 43.5 Å². The maximum absolute atomic E-state index is 5.68. The second-order valence-electron chi connectivity index (χ2n) is 6.92. The van der Waals surface area contributed by atoms with E-state index in [1.54, 1.807) is 12.4 Å². The summed E-state index contributed by atoms with van der Waals surface area (Å²) in [5.41, 5.74) is 4.40. The van der Waals surface area contributed by atoms with Crippen LogP contribution in [0.4, 0.5) is 5.69 Å². The Morgan fingerprint density at radius 2 is 1.78 bits per heavy atom. The molecule has 2 aromatic carbocycles. The number of benzene rings is 2. The van der Waals surface area contributed by atoms with Crippen LogP contribution in [-0.2, 0) is 20.1 Å². The van der Waals surface area contributed by atoms with E-state index in [1.165, 1.54) is 0 Å². The first-order valence-corrected chi connectivity index (χ1v) is 9.82. The molecule has 0 aliphatic carbocycles. The minimum absolute atomic E-state index is 0. The maximum Gasteiger partial charge on any atom is 0.493 e. The first-order valence-electron chi connectivity index (χ1n) is 9.82. The molecule has 0 fully saturated rings. The van der Waals surface area contributed by atoms with Crippen molar-refractivity contribution in [1.82, 2.24) is 9.97 Å². The molecule has 1 aliphatic heterocycles. The van der Waals surface area contributed by atoms with Crippen molar-refractivity contribution < 1.29 is 33.7 Å². The number of hydrogen-bond donors (Lipinski definition) is 0. The molecule has 0 atom stereocenters. The van der Waals surface area contributed by atoms with Crippen molar-refractivity contribution in [3.8, 4) is 11.3 Å². The van der Waals surface area contributed by atoms with Crippen molar-refractivity contribution in [3.05, 3.63) is 104 Å². The number of nitrogens with zero attached hydrogens (tertiary/aromatic N) is 4. The van der Waals surface area contributed by atoms with Gasteiger partial charge in [0.05, 0.1) is 0 Å². The van der Waals surface area contributed by atoms with Crippen molar-refractivity contribution in [2.75, 3.05) is 7.05 Å². The maximum atomic E-state index is 5.68. The summed E-state index contributed by atoms with van der Waals surface area (Å²) in [5.74, 6) is 0. The summed E-state index contributed by atoms with van der Waals surface area (Å²) in [6, 6.07) is 31.0. The van der Waals surface area contributed by atoms with Crippen LogP contribution in [0.15, 0.2) is 95.9 Å². The predicted octanol–water partition coefficient (Wildman–Crippen LogP) is 5.27. The van der Waals surface area contributed by atoms with E-state index in [1.807, 2.05) is 95.3 Å². The zero-order chi connectivity index (χ0) is 21.0. The van der Waals surface area contributed by atoms with E-state index in [2.05, 4.69) is 28.1 Å². The summed E-state index contributed by atoms with van der Waals surface area (Å²) in [6.45, 7) is 0. The summed E-state index contributed by atoms with van der Waals surface area (Å²) in [5, 5.41) is 2.06. The van der Waals surface area contributed by atoms with Crippen LogP contribution in [-0.4, -0.2) is 32.2 Å². The van der Waals surface area contributed by atoms with Crippen LogP contribution in [0.25, 0.3) is 33.3 Å². The topological polar surface area (TPSA) is 44.9 Å². The molecule has 6 rings (SSSR count). The van der Waals surface area contributed by atoms with Crippen molar-refractivity contribution >= 4 is 33.8 Å². The van der Waals surface area contributed by atoms with Crippen molar-refractivity contribution in [2.45, 2.75) is 0 Å². The van der Waals surface area contributed by atoms with Gasteiger partial charge in [-0.3, -0.25) is 0 Å². The molecule has 0 spiro atoms. The number of fused-ring (bicyclic) bond motifs is 3. The molecule has 3 aromatic heterocycles. The standard InChI is InChI=1S/C15H10N3O.C11H8N.Ir/c1-17-7-8-18(10-17)11-4-5-14-13(9-11)12-3-2-6-16-15(12)19-14;1-2-6-10(7-3-1)11-8-4-5-9-12-11;/h2-3,5-9H,1H3;1-6,8-9H;/q+1;-1;. The molecule has 0 bridgehead atoms. The SMILES string of the molecule is C[N+]1=C=[N+](c2[c-]cc3oc4ncccc4c3c2)C=C1.[Ir].[c-]1ccccc1-c1ccccn1. The quantitative estimate of drug-likeness (QED) is 0.207. The molecule has 0 saturated carbocycles. The van der Waals surface area contributed by atoms with Crippen LogP contribution < -0.4 is 0 Å². The molecule has 5 aromatic rings. The van der Waals surface area contributed by atoms with E-state index in [0.717, 1.165) is 33.3 Å². The first kappa shape index (κ1) is 21.5. The Morgan fingerprint density at radius 3 is 2.53 bits per heavy atom. The zero-order valence-corrected chi connectivity index (χ0v) is 19.6. The number of hydrogen-bond acceptors (Lipinski definition) is 3. The van der Waals surface area contributed by atoms with Gasteiger partial charge in [-0.15, -0.1) is 48.0 Å². The normalized spacial score (nSPS) is 12.0. The summed E-state index contributed by atoms with van der Waals surface area (Å²) in [4.78, 5) is 8.44. The van der Waals surface area contributed by atoms with E-state index >= 15 is 0 Å². The van der Waals surface area contributed by atoms with Gasteiger partial charge in [-0.05, 0) is 23.9 Å². The van der Waals surface area contributed by atoms with Gasteiger partial charge in [-0.25, -0.2) is 4.98 Å². The van der Waals surface area contributed by atoms with Gasteiger partial charge < -0.3 is 9.40 Å². The van der Waals surface area contributed by atoms with Gasteiger partial charge in [0.15, 0.2) is 7.05 Å². The molecule has 5 nitrogen and oxygen atoms in total. The fourth-order valence-corrected chi connectivity index (χ4v) is 3.29. The minimum Gasteiger partial charge on any atom is -0.502 e. The zero-order valence-electron chi connectivity index (χ0n) is 17.2. The summed E-state index contributed by atoms with van der Waals surface area (Å²) in [7, 11) is 1.94. The molecule has 0 unspecified atom stereocenters. The Hall–Kier alpha value is -3.69. The van der Waals surface area contributed by atoms with Crippen LogP contribution in [0.1, 0.15) is 0 Å². The van der Waals surface area contributed by atoms with Gasteiger partial charge in [-0.1, -0.05) is 32.7 Å². The molecule has 1 aliphatic rings. The van der Waals surface area contributed by atoms with Crippen LogP contribution >= 0.6 is 0 Å². The number of aromatic nitrogens is 2. The van der Waals surface area contributed by atoms with Crippen LogP contribution in [0, 0.1) is 12.1 Å². The fourth-order valence-electron chi connectivity index (χ4n) is 3.29. The average Bonchev–Trinajstić information content (AvgIpc) is 3.44. The Balaban J connectivity index is 0.000000164. The molecule has 0 saturated heterocycles. The van der Waals surface area contributed by atoms with Crippen molar-refractivity contribution in [3.63, 3.8) is 0 Å². The summed E-state index contributed by atoms with van der Waals surface area (Å²) < 4.78 is 9.45. The van der Waals surface area contributed by atoms with Gasteiger partial charge in [0.2, 0.25) is 11.9 Å². The van der Waals surface area contributed by atoms with Crippen LogP contribution in [0.2, 0.25) is 0 Å². The van der Waals surface area contributed by atoms with Gasteiger partial charge >= 0.3 is 6.01 Å². The third-order valence-electron chi connectivity index (χ3n) is 4.78. The summed E-state index contributed by atoms with van der Waals surface area (Å²) >= 11 is 0. The number of pyridine rings is 2. The molecule has 1 radical (unpaired) electrons. The minimum atomic E-state index is 0. The largest absolute Gasteiger partial charge is 0.502 e. The Kier molecular flexibility index (Phi) is 6.48. The van der Waals surface area contributed by atoms with Crippen LogP contribution in [0.3, 0.4) is 0 Å². The average molecular weight is 595 g/mol. The summed E-state index contributed by atoms with van der Waals surface area (Å²) in [6.07, 6.45) is 7.40. The van der Waals surface area contributed by atoms with Gasteiger partial charge in [0.1, 0.15) is 5.69 Å². The molecule has 0 amide bonds. The smallest absolute Gasteiger partial charge is 0.493 e. The van der Waals surface area contributed by atoms with Gasteiger partial charge in [-0.2, -0.15) is 0 Å². The van der Waals surface area contributed by atoms with E-state index in [4.69, 9.17) is 4.42 Å². The second-order valence-corrected chi connectivity index (χ2v) is 6.92. The van der Waals surface area contributed by atoms with Crippen LogP contribution in [0.5, 0.6) is 0 Å². The molecule has 32 heavy (non-hydrogen) atoms. The van der Waals surface area contributed by atoms with E-state index < -0.39 is 0 Å². The molecule has 157 valence electrons. The van der Waals surface area contributed by atoms with Crippen molar-refractivity contribution in [2.24, 2.45) is 0 Å². The van der Waals surface area contributed by atoms with Gasteiger partial charge in [0.25, 0.3) is 6.20 Å².